The molecule has 0 aromatic heterocycles. The normalized spacial score (nSPS) is 10.9. The maximum absolute atomic E-state index is 11.6. The Bertz CT molecular complexity index is 315. The van der Waals surface area contributed by atoms with Crippen molar-refractivity contribution in [3.63, 3.8) is 0 Å². The van der Waals surface area contributed by atoms with Crippen LogP contribution in [0, 0.1) is 5.41 Å². The maximum atomic E-state index is 11.6. The van der Waals surface area contributed by atoms with Gasteiger partial charge in [0.05, 0.1) is 6.61 Å². The van der Waals surface area contributed by atoms with Crippen molar-refractivity contribution >= 4 is 11.8 Å². The first-order valence-electron chi connectivity index (χ1n) is 6.00. The lowest BCUT2D eigenvalue weighted by atomic mass is 9.88. The van der Waals surface area contributed by atoms with E-state index in [2.05, 4.69) is 0 Å². The summed E-state index contributed by atoms with van der Waals surface area (Å²) in [6.45, 7) is 11.5. The molecule has 0 heterocycles. The third kappa shape index (κ3) is 6.25. The number of esters is 1. The summed E-state index contributed by atoms with van der Waals surface area (Å²) in [6.07, 6.45) is 1.06. The highest BCUT2D eigenvalue weighted by Crippen LogP contribution is 2.17. The Morgan fingerprint density at radius 2 is 1.59 bits per heavy atom. The predicted molar refractivity (Wildman–Crippen MR) is 68.7 cm³/mol. The molecular formula is C14H24O3. The molecule has 0 unspecified atom stereocenters. The van der Waals surface area contributed by atoms with E-state index in [4.69, 9.17) is 4.74 Å². The largest absolute Gasteiger partial charge is 0.462 e. The van der Waals surface area contributed by atoms with E-state index in [0.29, 0.717) is 25.0 Å². The Kier molecular flexibility index (Phi) is 6.14. The van der Waals surface area contributed by atoms with Crippen molar-refractivity contribution in [2.75, 3.05) is 6.61 Å². The van der Waals surface area contributed by atoms with Gasteiger partial charge in [0.2, 0.25) is 0 Å². The van der Waals surface area contributed by atoms with Gasteiger partial charge in [0.15, 0.2) is 0 Å². The second-order valence-electron chi connectivity index (χ2n) is 5.54. The van der Waals surface area contributed by atoms with Crippen LogP contribution in [0.25, 0.3) is 0 Å². The van der Waals surface area contributed by atoms with E-state index in [9.17, 15) is 9.59 Å². The lowest BCUT2D eigenvalue weighted by molar-refractivity contribution is -0.139. The smallest absolute Gasteiger partial charge is 0.333 e. The summed E-state index contributed by atoms with van der Waals surface area (Å²) in [7, 11) is 0. The van der Waals surface area contributed by atoms with E-state index in [-0.39, 0.29) is 17.2 Å². The summed E-state index contributed by atoms with van der Waals surface area (Å²) >= 11 is 0. The van der Waals surface area contributed by atoms with Gasteiger partial charge < -0.3 is 4.74 Å². The highest BCUT2D eigenvalue weighted by atomic mass is 16.5. The molecule has 0 atom stereocenters. The Morgan fingerprint density at radius 1 is 1.06 bits per heavy atom. The number of carbonyl (C=O) groups excluding carboxylic acids is 2. The minimum atomic E-state index is -0.306. The number of Topliss-reactive ketones (excluding diaryl/α,β-unsaturated/α-hetero) is 1. The standard InChI is InChI=1S/C14H24O3/c1-10(2)11(3)13(16)17-9-7-8-12(15)14(4,5)6/h7-9H2,1-6H3. The van der Waals surface area contributed by atoms with Gasteiger partial charge in [0, 0.05) is 17.4 Å². The van der Waals surface area contributed by atoms with Crippen molar-refractivity contribution in [3.8, 4) is 0 Å². The number of allylic oxidation sites excluding steroid dienone is 1. The molecule has 0 saturated heterocycles. The van der Waals surface area contributed by atoms with Gasteiger partial charge >= 0.3 is 5.97 Å². The van der Waals surface area contributed by atoms with Crippen molar-refractivity contribution in [3.05, 3.63) is 11.1 Å². The second kappa shape index (κ2) is 6.58. The molecule has 0 rings (SSSR count). The van der Waals surface area contributed by atoms with Crippen molar-refractivity contribution in [2.45, 2.75) is 54.4 Å². The van der Waals surface area contributed by atoms with Gasteiger partial charge in [-0.2, -0.15) is 0 Å². The number of carbonyl (C=O) groups is 2. The quantitative estimate of drug-likeness (QED) is 0.421. The van der Waals surface area contributed by atoms with Crippen LogP contribution in [0.1, 0.15) is 54.4 Å². The van der Waals surface area contributed by atoms with Crippen LogP contribution >= 0.6 is 0 Å². The molecule has 0 aromatic carbocycles. The highest BCUT2D eigenvalue weighted by Gasteiger charge is 2.20. The molecule has 0 fully saturated rings. The van der Waals surface area contributed by atoms with Crippen LogP contribution in [-0.2, 0) is 14.3 Å². The average Bonchev–Trinajstić information content (AvgIpc) is 2.20. The Hall–Kier alpha value is -1.12. The van der Waals surface area contributed by atoms with E-state index >= 15 is 0 Å². The van der Waals surface area contributed by atoms with E-state index in [1.807, 2.05) is 34.6 Å². The van der Waals surface area contributed by atoms with E-state index in [1.165, 1.54) is 0 Å². The Labute approximate surface area is 104 Å². The fourth-order valence-electron chi connectivity index (χ4n) is 1.08. The number of rotatable bonds is 5. The monoisotopic (exact) mass is 240 g/mol. The van der Waals surface area contributed by atoms with Crippen LogP contribution in [0.2, 0.25) is 0 Å². The van der Waals surface area contributed by atoms with Crippen LogP contribution in [0.4, 0.5) is 0 Å². The zero-order valence-corrected chi connectivity index (χ0v) is 11.8. The van der Waals surface area contributed by atoms with Gasteiger partial charge in [-0.1, -0.05) is 26.3 Å². The van der Waals surface area contributed by atoms with E-state index in [0.717, 1.165) is 5.57 Å². The molecule has 0 aliphatic rings. The maximum Gasteiger partial charge on any atom is 0.333 e. The SMILES string of the molecule is CC(C)=C(C)C(=O)OCCCC(=O)C(C)(C)C. The fraction of sp³-hybridized carbons (Fsp3) is 0.714. The molecule has 98 valence electrons. The minimum absolute atomic E-state index is 0.201. The Morgan fingerprint density at radius 3 is 2.00 bits per heavy atom. The fourth-order valence-corrected chi connectivity index (χ4v) is 1.08. The highest BCUT2D eigenvalue weighted by molar-refractivity contribution is 5.88. The van der Waals surface area contributed by atoms with E-state index < -0.39 is 0 Å². The molecule has 3 heteroatoms. The summed E-state index contributed by atoms with van der Waals surface area (Å²) in [6, 6.07) is 0. The second-order valence-corrected chi connectivity index (χ2v) is 5.54. The minimum Gasteiger partial charge on any atom is -0.462 e. The number of ether oxygens (including phenoxy) is 1. The first-order chi connectivity index (χ1) is 7.66. The lowest BCUT2D eigenvalue weighted by Gasteiger charge is -2.16. The van der Waals surface area contributed by atoms with Crippen molar-refractivity contribution in [2.24, 2.45) is 5.41 Å². The van der Waals surface area contributed by atoms with Crippen LogP contribution in [0.3, 0.4) is 0 Å². The van der Waals surface area contributed by atoms with E-state index in [1.54, 1.807) is 6.92 Å². The van der Waals surface area contributed by atoms with Crippen molar-refractivity contribution in [1.29, 1.82) is 0 Å². The molecule has 0 spiro atoms. The zero-order chi connectivity index (χ0) is 13.6. The number of ketones is 1. The molecule has 0 aliphatic carbocycles. The molecule has 0 N–H and O–H groups in total. The third-order valence-electron chi connectivity index (χ3n) is 2.67. The lowest BCUT2D eigenvalue weighted by Crippen LogP contribution is -2.20. The van der Waals surface area contributed by atoms with Gasteiger partial charge in [-0.05, 0) is 27.2 Å². The van der Waals surface area contributed by atoms with Gasteiger partial charge in [-0.3, -0.25) is 4.79 Å². The van der Waals surface area contributed by atoms with Crippen LogP contribution in [0.5, 0.6) is 0 Å². The van der Waals surface area contributed by atoms with Gasteiger partial charge in [0.25, 0.3) is 0 Å². The molecule has 17 heavy (non-hydrogen) atoms. The molecule has 0 radical (unpaired) electrons. The Balaban J connectivity index is 3.92. The van der Waals surface area contributed by atoms with Crippen LogP contribution < -0.4 is 0 Å². The summed E-state index contributed by atoms with van der Waals surface area (Å²) < 4.78 is 5.08. The first kappa shape index (κ1) is 15.9. The topological polar surface area (TPSA) is 43.4 Å². The number of hydrogen-bond donors (Lipinski definition) is 0. The van der Waals surface area contributed by atoms with Gasteiger partial charge in [-0.25, -0.2) is 4.79 Å². The summed E-state index contributed by atoms with van der Waals surface area (Å²) in [4.78, 5) is 23.1. The summed E-state index contributed by atoms with van der Waals surface area (Å²) in [5.41, 5.74) is 1.30. The van der Waals surface area contributed by atoms with Gasteiger partial charge in [0.1, 0.15) is 5.78 Å². The molecule has 0 aliphatic heterocycles. The predicted octanol–water partition coefficient (Wildman–Crippen LogP) is 3.28. The molecule has 0 bridgehead atoms. The molecule has 3 nitrogen and oxygen atoms in total. The van der Waals surface area contributed by atoms with Crippen LogP contribution in [-0.4, -0.2) is 18.4 Å². The summed E-state index contributed by atoms with van der Waals surface area (Å²) in [5.74, 6) is -0.0827. The van der Waals surface area contributed by atoms with Crippen molar-refractivity contribution < 1.29 is 14.3 Å². The van der Waals surface area contributed by atoms with Crippen LogP contribution in [0.15, 0.2) is 11.1 Å². The average molecular weight is 240 g/mol. The summed E-state index contributed by atoms with van der Waals surface area (Å²) in [5, 5.41) is 0. The zero-order valence-electron chi connectivity index (χ0n) is 11.8. The molecule has 0 aromatic rings. The van der Waals surface area contributed by atoms with Crippen molar-refractivity contribution in [1.82, 2.24) is 0 Å². The first-order valence-corrected chi connectivity index (χ1v) is 6.00. The third-order valence-corrected chi connectivity index (χ3v) is 2.67. The number of hydrogen-bond acceptors (Lipinski definition) is 3. The molecule has 0 amide bonds. The molecule has 0 saturated carbocycles. The van der Waals surface area contributed by atoms with Gasteiger partial charge in [-0.15, -0.1) is 0 Å². The molecular weight excluding hydrogens is 216 g/mol.